The molecule has 0 aromatic rings. The Balaban J connectivity index is 2.13. The Labute approximate surface area is 114 Å². The van der Waals surface area contributed by atoms with Crippen LogP contribution in [0.15, 0.2) is 0 Å². The molecule has 0 aromatic heterocycles. The molecule has 6 nitrogen and oxygen atoms in total. The fraction of sp³-hybridized carbons (Fsp3) is 0.846. The van der Waals surface area contributed by atoms with Crippen LogP contribution in [0.3, 0.4) is 0 Å². The lowest BCUT2D eigenvalue weighted by atomic mass is 10.2. The van der Waals surface area contributed by atoms with Gasteiger partial charge in [0.1, 0.15) is 0 Å². The van der Waals surface area contributed by atoms with Crippen LogP contribution >= 0.6 is 0 Å². The molecule has 1 aliphatic heterocycles. The van der Waals surface area contributed by atoms with Crippen LogP contribution < -0.4 is 0 Å². The van der Waals surface area contributed by atoms with Crippen LogP contribution in [0, 0.1) is 0 Å². The molecule has 0 N–H and O–H groups in total. The molecule has 0 unspecified atom stereocenters. The van der Waals surface area contributed by atoms with Crippen LogP contribution in [-0.4, -0.2) is 67.8 Å². The monoisotopic (exact) mass is 272 g/mol. The predicted octanol–water partition coefficient (Wildman–Crippen LogP) is 1.10. The fourth-order valence-electron chi connectivity index (χ4n) is 2.05. The minimum atomic E-state index is -0.228. The van der Waals surface area contributed by atoms with Gasteiger partial charge in [-0.15, -0.1) is 0 Å². The van der Waals surface area contributed by atoms with Crippen molar-refractivity contribution >= 4 is 12.1 Å². The maximum Gasteiger partial charge on any atom is 0.409 e. The molecule has 1 fully saturated rings. The summed E-state index contributed by atoms with van der Waals surface area (Å²) < 4.78 is 9.84. The number of nitrogens with zero attached hydrogens (tertiary/aromatic N) is 2. The van der Waals surface area contributed by atoms with Gasteiger partial charge >= 0.3 is 12.1 Å². The third-order valence-corrected chi connectivity index (χ3v) is 3.06. The SMILES string of the molecule is CCOC(=O)CCCN1CCN(C(=O)OCC)CC1. The number of ether oxygens (including phenoxy) is 2. The Morgan fingerprint density at radius 1 is 1.00 bits per heavy atom. The van der Waals surface area contributed by atoms with E-state index in [0.29, 0.717) is 32.7 Å². The number of esters is 1. The summed E-state index contributed by atoms with van der Waals surface area (Å²) in [5, 5.41) is 0. The largest absolute Gasteiger partial charge is 0.466 e. The number of amides is 1. The van der Waals surface area contributed by atoms with Crippen LogP contribution in [0.4, 0.5) is 4.79 Å². The van der Waals surface area contributed by atoms with Gasteiger partial charge in [0.15, 0.2) is 0 Å². The number of rotatable bonds is 6. The van der Waals surface area contributed by atoms with E-state index in [9.17, 15) is 9.59 Å². The van der Waals surface area contributed by atoms with Gasteiger partial charge in [-0.1, -0.05) is 0 Å². The van der Waals surface area contributed by atoms with Crippen LogP contribution in [-0.2, 0) is 14.3 Å². The van der Waals surface area contributed by atoms with E-state index in [1.54, 1.807) is 4.90 Å². The third-order valence-electron chi connectivity index (χ3n) is 3.06. The van der Waals surface area contributed by atoms with Crippen LogP contribution in [0.1, 0.15) is 26.7 Å². The molecule has 1 heterocycles. The summed E-state index contributed by atoms with van der Waals surface area (Å²) in [7, 11) is 0. The highest BCUT2D eigenvalue weighted by atomic mass is 16.6. The van der Waals surface area contributed by atoms with E-state index in [4.69, 9.17) is 9.47 Å². The van der Waals surface area contributed by atoms with Crippen molar-refractivity contribution in [2.45, 2.75) is 26.7 Å². The molecule has 1 aliphatic rings. The molecule has 19 heavy (non-hydrogen) atoms. The average Bonchev–Trinajstić information content (AvgIpc) is 2.40. The zero-order valence-electron chi connectivity index (χ0n) is 11.9. The van der Waals surface area contributed by atoms with E-state index >= 15 is 0 Å². The second kappa shape index (κ2) is 8.74. The molecule has 0 bridgehead atoms. The van der Waals surface area contributed by atoms with Gasteiger partial charge in [-0.2, -0.15) is 0 Å². The lowest BCUT2D eigenvalue weighted by Crippen LogP contribution is -2.49. The predicted molar refractivity (Wildman–Crippen MR) is 70.9 cm³/mol. The minimum Gasteiger partial charge on any atom is -0.466 e. The Morgan fingerprint density at radius 3 is 2.21 bits per heavy atom. The highest BCUT2D eigenvalue weighted by Crippen LogP contribution is 2.05. The van der Waals surface area contributed by atoms with Crippen LogP contribution in [0.2, 0.25) is 0 Å². The standard InChI is InChI=1S/C13H24N2O4/c1-3-18-12(16)6-5-7-14-8-10-15(11-9-14)13(17)19-4-2/h3-11H2,1-2H3. The third kappa shape index (κ3) is 5.92. The molecule has 1 amide bonds. The van der Waals surface area contributed by atoms with Gasteiger partial charge in [0.05, 0.1) is 13.2 Å². The van der Waals surface area contributed by atoms with Crippen molar-refractivity contribution in [3.05, 3.63) is 0 Å². The zero-order valence-corrected chi connectivity index (χ0v) is 11.9. The molecule has 1 saturated heterocycles. The Morgan fingerprint density at radius 2 is 1.63 bits per heavy atom. The van der Waals surface area contributed by atoms with E-state index in [0.717, 1.165) is 26.1 Å². The Hall–Kier alpha value is -1.30. The van der Waals surface area contributed by atoms with E-state index in [1.807, 2.05) is 13.8 Å². The van der Waals surface area contributed by atoms with Crippen molar-refractivity contribution < 1.29 is 19.1 Å². The van der Waals surface area contributed by atoms with Gasteiger partial charge in [0.25, 0.3) is 0 Å². The van der Waals surface area contributed by atoms with Gasteiger partial charge in [0, 0.05) is 32.6 Å². The minimum absolute atomic E-state index is 0.132. The molecule has 0 radical (unpaired) electrons. The van der Waals surface area contributed by atoms with Crippen LogP contribution in [0.5, 0.6) is 0 Å². The zero-order chi connectivity index (χ0) is 14.1. The molecular weight excluding hydrogens is 248 g/mol. The van der Waals surface area contributed by atoms with Gasteiger partial charge < -0.3 is 14.4 Å². The number of piperazine rings is 1. The summed E-state index contributed by atoms with van der Waals surface area (Å²) in [5.74, 6) is -0.132. The van der Waals surface area contributed by atoms with Gasteiger partial charge in [-0.3, -0.25) is 9.69 Å². The Bertz CT molecular complexity index is 286. The second-order valence-electron chi connectivity index (χ2n) is 4.44. The quantitative estimate of drug-likeness (QED) is 0.678. The molecule has 0 spiro atoms. The topological polar surface area (TPSA) is 59.1 Å². The molecule has 0 aliphatic carbocycles. The maximum atomic E-state index is 11.5. The molecule has 1 rings (SSSR count). The second-order valence-corrected chi connectivity index (χ2v) is 4.44. The van der Waals surface area contributed by atoms with Crippen molar-refractivity contribution in [1.29, 1.82) is 0 Å². The first kappa shape index (κ1) is 15.8. The summed E-state index contributed by atoms with van der Waals surface area (Å²) in [4.78, 5) is 26.7. The average molecular weight is 272 g/mol. The van der Waals surface area contributed by atoms with Gasteiger partial charge in [0.2, 0.25) is 0 Å². The summed E-state index contributed by atoms with van der Waals surface area (Å²) in [6.45, 7) is 8.40. The molecule has 0 saturated carbocycles. The summed E-state index contributed by atoms with van der Waals surface area (Å²) >= 11 is 0. The number of carbonyl (C=O) groups is 2. The maximum absolute atomic E-state index is 11.5. The normalized spacial score (nSPS) is 16.2. The summed E-state index contributed by atoms with van der Waals surface area (Å²) in [5.41, 5.74) is 0. The van der Waals surface area contributed by atoms with Crippen molar-refractivity contribution in [1.82, 2.24) is 9.80 Å². The number of hydrogen-bond donors (Lipinski definition) is 0. The number of hydrogen-bond acceptors (Lipinski definition) is 5. The Kier molecular flexibility index (Phi) is 7.25. The fourth-order valence-corrected chi connectivity index (χ4v) is 2.05. The molecular formula is C13H24N2O4. The highest BCUT2D eigenvalue weighted by Gasteiger charge is 2.21. The number of carbonyl (C=O) groups excluding carboxylic acids is 2. The van der Waals surface area contributed by atoms with E-state index in [1.165, 1.54) is 0 Å². The first-order chi connectivity index (χ1) is 9.17. The van der Waals surface area contributed by atoms with E-state index in [2.05, 4.69) is 4.90 Å². The molecule has 110 valence electrons. The van der Waals surface area contributed by atoms with Crippen molar-refractivity contribution in [3.63, 3.8) is 0 Å². The van der Waals surface area contributed by atoms with Crippen LogP contribution in [0.25, 0.3) is 0 Å². The summed E-state index contributed by atoms with van der Waals surface area (Å²) in [6, 6.07) is 0. The lowest BCUT2D eigenvalue weighted by molar-refractivity contribution is -0.143. The van der Waals surface area contributed by atoms with Gasteiger partial charge in [-0.05, 0) is 26.8 Å². The first-order valence-electron chi connectivity index (χ1n) is 6.97. The highest BCUT2D eigenvalue weighted by molar-refractivity contribution is 5.69. The van der Waals surface area contributed by atoms with Crippen molar-refractivity contribution in [2.24, 2.45) is 0 Å². The van der Waals surface area contributed by atoms with E-state index in [-0.39, 0.29) is 12.1 Å². The van der Waals surface area contributed by atoms with Crippen molar-refractivity contribution in [3.8, 4) is 0 Å². The van der Waals surface area contributed by atoms with E-state index < -0.39 is 0 Å². The summed E-state index contributed by atoms with van der Waals surface area (Å²) in [6.07, 6.45) is 1.04. The smallest absolute Gasteiger partial charge is 0.409 e. The molecule has 6 heteroatoms. The van der Waals surface area contributed by atoms with Gasteiger partial charge in [-0.25, -0.2) is 4.79 Å². The van der Waals surface area contributed by atoms with Crippen molar-refractivity contribution in [2.75, 3.05) is 45.9 Å². The molecule has 0 aromatic carbocycles. The first-order valence-corrected chi connectivity index (χ1v) is 6.97. The molecule has 0 atom stereocenters. The lowest BCUT2D eigenvalue weighted by Gasteiger charge is -2.33.